The fourth-order valence-electron chi connectivity index (χ4n) is 2.75. The lowest BCUT2D eigenvalue weighted by Gasteiger charge is -2.21. The molecule has 0 aliphatic heterocycles. The van der Waals surface area contributed by atoms with Crippen LogP contribution in [0.2, 0.25) is 0 Å². The van der Waals surface area contributed by atoms with Crippen LogP contribution in [0.3, 0.4) is 0 Å². The zero-order chi connectivity index (χ0) is 20.2. The molecule has 154 valence electrons. The Hall–Kier alpha value is -1.96. The maximum atomic E-state index is 14.0. The Bertz CT molecular complexity index is 580. The van der Waals surface area contributed by atoms with Gasteiger partial charge in [0.25, 0.3) is 0 Å². The van der Waals surface area contributed by atoms with E-state index in [1.165, 1.54) is 18.2 Å². The van der Waals surface area contributed by atoms with Crippen molar-refractivity contribution in [1.82, 2.24) is 15.5 Å². The van der Waals surface area contributed by atoms with Gasteiger partial charge in [-0.2, -0.15) is 8.78 Å². The van der Waals surface area contributed by atoms with Crippen molar-refractivity contribution in [3.8, 4) is 5.75 Å². The summed E-state index contributed by atoms with van der Waals surface area (Å²) in [6, 6.07) is 4.03. The molecule has 0 saturated carbocycles. The minimum Gasteiger partial charge on any atom is -0.434 e. The summed E-state index contributed by atoms with van der Waals surface area (Å²) >= 11 is 0. The Morgan fingerprint density at radius 1 is 1.26 bits per heavy atom. The Labute approximate surface area is 160 Å². The van der Waals surface area contributed by atoms with E-state index in [4.69, 9.17) is 0 Å². The van der Waals surface area contributed by atoms with Gasteiger partial charge in [-0.15, -0.1) is 0 Å². The average Bonchev–Trinajstić information content (AvgIpc) is 2.63. The third kappa shape index (κ3) is 8.51. The molecule has 0 bridgehead atoms. The highest BCUT2D eigenvalue weighted by Crippen LogP contribution is 2.23. The molecule has 8 heteroatoms. The van der Waals surface area contributed by atoms with Gasteiger partial charge in [-0.3, -0.25) is 4.99 Å². The third-order valence-corrected chi connectivity index (χ3v) is 4.34. The van der Waals surface area contributed by atoms with Crippen molar-refractivity contribution in [2.75, 3.05) is 26.7 Å². The smallest absolute Gasteiger partial charge is 0.387 e. The standard InChI is InChI=1S/C19H31F3N4O/c1-5-26(6-2)12-8-9-14(3)25-19(23-4)24-13-15-16(20)10-7-11-17(15)27-18(21)22/h7,10-11,14,18H,5-6,8-9,12-13H2,1-4H3,(H2,23,24,25). The van der Waals surface area contributed by atoms with Crippen molar-refractivity contribution in [3.05, 3.63) is 29.6 Å². The summed E-state index contributed by atoms with van der Waals surface area (Å²) in [4.78, 5) is 6.48. The molecule has 1 unspecified atom stereocenters. The lowest BCUT2D eigenvalue weighted by molar-refractivity contribution is -0.0506. The second-order valence-corrected chi connectivity index (χ2v) is 6.24. The van der Waals surface area contributed by atoms with E-state index < -0.39 is 12.4 Å². The zero-order valence-electron chi connectivity index (χ0n) is 16.6. The summed E-state index contributed by atoms with van der Waals surface area (Å²) in [5.41, 5.74) is 0.0370. The highest BCUT2D eigenvalue weighted by Gasteiger charge is 2.14. The first-order valence-corrected chi connectivity index (χ1v) is 9.32. The van der Waals surface area contributed by atoms with E-state index in [1.54, 1.807) is 7.05 Å². The fraction of sp³-hybridized carbons (Fsp3) is 0.632. The molecule has 1 aromatic carbocycles. The maximum Gasteiger partial charge on any atom is 0.387 e. The second kappa shape index (κ2) is 12.4. The summed E-state index contributed by atoms with van der Waals surface area (Å²) in [5, 5.41) is 6.19. The number of ether oxygens (including phenoxy) is 1. The van der Waals surface area contributed by atoms with E-state index in [-0.39, 0.29) is 23.9 Å². The summed E-state index contributed by atoms with van der Waals surface area (Å²) in [6.07, 6.45) is 2.00. The molecule has 0 spiro atoms. The average molecular weight is 388 g/mol. The molecule has 0 aliphatic carbocycles. The van der Waals surface area contributed by atoms with E-state index in [1.807, 2.05) is 6.92 Å². The van der Waals surface area contributed by atoms with Gasteiger partial charge in [0, 0.05) is 25.2 Å². The molecule has 1 aromatic rings. The Kier molecular flexibility index (Phi) is 10.6. The van der Waals surface area contributed by atoms with Gasteiger partial charge < -0.3 is 20.3 Å². The molecular weight excluding hydrogens is 357 g/mol. The number of guanidine groups is 1. The SMILES string of the molecule is CCN(CC)CCCC(C)NC(=NC)NCc1c(F)cccc1OC(F)F. The van der Waals surface area contributed by atoms with Gasteiger partial charge in [0.05, 0.1) is 0 Å². The van der Waals surface area contributed by atoms with Crippen molar-refractivity contribution in [2.45, 2.75) is 52.8 Å². The first-order chi connectivity index (χ1) is 12.9. The third-order valence-electron chi connectivity index (χ3n) is 4.34. The maximum absolute atomic E-state index is 14.0. The molecule has 27 heavy (non-hydrogen) atoms. The number of hydrogen-bond donors (Lipinski definition) is 2. The van der Waals surface area contributed by atoms with Gasteiger partial charge in [0.2, 0.25) is 0 Å². The highest BCUT2D eigenvalue weighted by molar-refractivity contribution is 5.80. The van der Waals surface area contributed by atoms with Gasteiger partial charge in [-0.1, -0.05) is 19.9 Å². The Balaban J connectivity index is 2.55. The molecule has 0 aromatic heterocycles. The number of halogens is 3. The van der Waals surface area contributed by atoms with Crippen LogP contribution in [0.15, 0.2) is 23.2 Å². The Morgan fingerprint density at radius 3 is 2.56 bits per heavy atom. The van der Waals surface area contributed by atoms with Crippen LogP contribution in [0.5, 0.6) is 5.75 Å². The number of benzene rings is 1. The summed E-state index contributed by atoms with van der Waals surface area (Å²) in [5.74, 6) is -0.305. The molecule has 0 fully saturated rings. The molecule has 0 amide bonds. The monoisotopic (exact) mass is 388 g/mol. The minimum atomic E-state index is -3.01. The Morgan fingerprint density at radius 2 is 1.96 bits per heavy atom. The van der Waals surface area contributed by atoms with Crippen LogP contribution in [0.4, 0.5) is 13.2 Å². The lowest BCUT2D eigenvalue weighted by Crippen LogP contribution is -2.42. The van der Waals surface area contributed by atoms with Crippen molar-refractivity contribution in [1.29, 1.82) is 0 Å². The lowest BCUT2D eigenvalue weighted by atomic mass is 10.1. The van der Waals surface area contributed by atoms with Crippen molar-refractivity contribution in [2.24, 2.45) is 4.99 Å². The van der Waals surface area contributed by atoms with Crippen LogP contribution < -0.4 is 15.4 Å². The number of nitrogens with one attached hydrogen (secondary N) is 2. The van der Waals surface area contributed by atoms with Crippen molar-refractivity contribution in [3.63, 3.8) is 0 Å². The molecule has 2 N–H and O–H groups in total. The van der Waals surface area contributed by atoms with E-state index in [0.29, 0.717) is 5.96 Å². The quantitative estimate of drug-likeness (QED) is 0.449. The zero-order valence-corrected chi connectivity index (χ0v) is 16.6. The van der Waals surface area contributed by atoms with E-state index in [0.717, 1.165) is 32.5 Å². The van der Waals surface area contributed by atoms with Gasteiger partial charge in [0.1, 0.15) is 11.6 Å². The normalized spacial score (nSPS) is 13.1. The molecule has 0 aliphatic rings. The number of alkyl halides is 2. The number of nitrogens with zero attached hydrogens (tertiary/aromatic N) is 2. The van der Waals surface area contributed by atoms with Gasteiger partial charge in [-0.05, 0) is 51.5 Å². The van der Waals surface area contributed by atoms with Crippen molar-refractivity contribution >= 4 is 5.96 Å². The molecule has 5 nitrogen and oxygen atoms in total. The minimum absolute atomic E-state index is 0.0133. The van der Waals surface area contributed by atoms with E-state index in [2.05, 4.69) is 39.1 Å². The molecule has 0 radical (unpaired) electrons. The van der Waals surface area contributed by atoms with E-state index in [9.17, 15) is 13.2 Å². The predicted molar refractivity (Wildman–Crippen MR) is 103 cm³/mol. The van der Waals surface area contributed by atoms with Crippen LogP contribution in [0, 0.1) is 5.82 Å². The first kappa shape index (κ1) is 23.1. The molecule has 0 saturated heterocycles. The molecule has 1 rings (SSSR count). The number of rotatable bonds is 11. The fourth-order valence-corrected chi connectivity index (χ4v) is 2.75. The number of aliphatic imine (C=N–C) groups is 1. The largest absolute Gasteiger partial charge is 0.434 e. The molecule has 0 heterocycles. The molecular formula is C19H31F3N4O. The van der Waals surface area contributed by atoms with Crippen LogP contribution in [-0.2, 0) is 6.54 Å². The summed E-state index contributed by atoms with van der Waals surface area (Å²) in [7, 11) is 1.61. The van der Waals surface area contributed by atoms with Gasteiger partial charge in [0.15, 0.2) is 5.96 Å². The van der Waals surface area contributed by atoms with Crippen LogP contribution in [0.1, 0.15) is 39.2 Å². The van der Waals surface area contributed by atoms with Gasteiger partial charge in [-0.25, -0.2) is 4.39 Å². The van der Waals surface area contributed by atoms with Crippen molar-refractivity contribution < 1.29 is 17.9 Å². The summed E-state index contributed by atoms with van der Waals surface area (Å²) in [6.45, 7) is 6.42. The topological polar surface area (TPSA) is 48.9 Å². The first-order valence-electron chi connectivity index (χ1n) is 9.32. The van der Waals surface area contributed by atoms with Crippen LogP contribution >= 0.6 is 0 Å². The predicted octanol–water partition coefficient (Wildman–Crippen LogP) is 3.60. The summed E-state index contributed by atoms with van der Waals surface area (Å²) < 4.78 is 43.4. The van der Waals surface area contributed by atoms with E-state index >= 15 is 0 Å². The van der Waals surface area contributed by atoms with Crippen LogP contribution in [-0.4, -0.2) is 50.2 Å². The highest BCUT2D eigenvalue weighted by atomic mass is 19.3. The number of hydrogen-bond acceptors (Lipinski definition) is 3. The van der Waals surface area contributed by atoms with Crippen LogP contribution in [0.25, 0.3) is 0 Å². The van der Waals surface area contributed by atoms with Gasteiger partial charge >= 0.3 is 6.61 Å². The molecule has 1 atom stereocenters. The second-order valence-electron chi connectivity index (χ2n) is 6.24.